The summed E-state index contributed by atoms with van der Waals surface area (Å²) in [5.41, 5.74) is 0. The summed E-state index contributed by atoms with van der Waals surface area (Å²) in [5.74, 6) is -2.10. The van der Waals surface area contributed by atoms with E-state index in [0.717, 1.165) is 0 Å². The third-order valence-corrected chi connectivity index (χ3v) is 2.22. The molecule has 0 radical (unpaired) electrons. The Morgan fingerprint density at radius 3 is 2.00 bits per heavy atom. The Hall–Kier alpha value is -1.14. The molecule has 3 atom stereocenters. The van der Waals surface area contributed by atoms with Gasteiger partial charge in [-0.15, -0.1) is 0 Å². The summed E-state index contributed by atoms with van der Waals surface area (Å²) in [7, 11) is 0. The molecule has 0 aliphatic rings. The smallest absolute Gasteiger partial charge is 0.335 e. The van der Waals surface area contributed by atoms with Crippen molar-refractivity contribution in [3.05, 3.63) is 0 Å². The first-order valence-electron chi connectivity index (χ1n) is 5.63. The lowest BCUT2D eigenvalue weighted by atomic mass is 9.97. The van der Waals surface area contributed by atoms with E-state index < -0.39 is 30.1 Å². The van der Waals surface area contributed by atoms with Crippen LogP contribution in [0.2, 0.25) is 0 Å². The predicted molar refractivity (Wildman–Crippen MR) is 59.1 cm³/mol. The molecule has 100 valence electrons. The highest BCUT2D eigenvalue weighted by molar-refractivity contribution is 5.76. The van der Waals surface area contributed by atoms with Crippen molar-refractivity contribution in [2.24, 2.45) is 5.92 Å². The molecule has 0 fully saturated rings. The van der Waals surface area contributed by atoms with Gasteiger partial charge in [0.1, 0.15) is 0 Å². The number of ether oxygens (including phenoxy) is 2. The van der Waals surface area contributed by atoms with Gasteiger partial charge in [-0.05, 0) is 26.2 Å². The Balaban J connectivity index is 4.19. The van der Waals surface area contributed by atoms with Gasteiger partial charge in [-0.25, -0.2) is 9.59 Å². The van der Waals surface area contributed by atoms with E-state index in [1.54, 1.807) is 20.8 Å². The van der Waals surface area contributed by atoms with E-state index in [9.17, 15) is 19.8 Å². The van der Waals surface area contributed by atoms with Crippen LogP contribution in [0.25, 0.3) is 0 Å². The van der Waals surface area contributed by atoms with Crippen molar-refractivity contribution in [1.29, 1.82) is 0 Å². The minimum absolute atomic E-state index is 0.0567. The van der Waals surface area contributed by atoms with Gasteiger partial charge in [-0.1, -0.05) is 6.92 Å². The lowest BCUT2D eigenvalue weighted by Crippen LogP contribution is -2.34. The summed E-state index contributed by atoms with van der Waals surface area (Å²) < 4.78 is 9.23. The largest absolute Gasteiger partial charge is 0.464 e. The summed E-state index contributed by atoms with van der Waals surface area (Å²) in [4.78, 5) is 22.3. The fourth-order valence-corrected chi connectivity index (χ4v) is 1.28. The minimum Gasteiger partial charge on any atom is -0.464 e. The highest BCUT2D eigenvalue weighted by Crippen LogP contribution is 2.13. The molecule has 6 heteroatoms. The molecular formula is C11H20O6. The molecule has 0 spiro atoms. The van der Waals surface area contributed by atoms with Gasteiger partial charge in [-0.3, -0.25) is 0 Å². The maximum atomic E-state index is 11.2. The number of esters is 2. The van der Waals surface area contributed by atoms with Crippen LogP contribution in [0.4, 0.5) is 0 Å². The summed E-state index contributed by atoms with van der Waals surface area (Å²) >= 11 is 0. The molecule has 0 saturated heterocycles. The van der Waals surface area contributed by atoms with Crippen molar-refractivity contribution in [2.75, 3.05) is 13.2 Å². The molecule has 3 unspecified atom stereocenters. The molecule has 0 aliphatic carbocycles. The number of rotatable bonds is 7. The third-order valence-electron chi connectivity index (χ3n) is 2.22. The van der Waals surface area contributed by atoms with Crippen LogP contribution in [0.5, 0.6) is 0 Å². The zero-order valence-corrected chi connectivity index (χ0v) is 10.4. The number of hydrogen-bond donors (Lipinski definition) is 2. The Morgan fingerprint density at radius 1 is 1.06 bits per heavy atom. The van der Waals surface area contributed by atoms with E-state index in [4.69, 9.17) is 0 Å². The fourth-order valence-electron chi connectivity index (χ4n) is 1.28. The monoisotopic (exact) mass is 248 g/mol. The van der Waals surface area contributed by atoms with Gasteiger partial charge in [0, 0.05) is 0 Å². The SMILES string of the molecule is CCOC(=O)C(O)CC(C)C(O)C(=O)OCC. The quantitative estimate of drug-likeness (QED) is 0.609. The van der Waals surface area contributed by atoms with E-state index in [1.807, 2.05) is 0 Å². The molecule has 0 saturated carbocycles. The number of carbonyl (C=O) groups is 2. The molecule has 0 aromatic rings. The number of aliphatic hydroxyl groups excluding tert-OH is 2. The van der Waals surface area contributed by atoms with Crippen LogP contribution in [-0.2, 0) is 19.1 Å². The highest BCUT2D eigenvalue weighted by Gasteiger charge is 2.28. The van der Waals surface area contributed by atoms with Crippen molar-refractivity contribution in [2.45, 2.75) is 39.4 Å². The predicted octanol–water partition coefficient (Wildman–Crippen LogP) is -0.139. The first kappa shape index (κ1) is 15.9. The molecule has 0 amide bonds. The van der Waals surface area contributed by atoms with Crippen molar-refractivity contribution < 1.29 is 29.3 Å². The summed E-state index contributed by atoms with van der Waals surface area (Å²) in [6, 6.07) is 0. The van der Waals surface area contributed by atoms with E-state index in [-0.39, 0.29) is 19.6 Å². The average Bonchev–Trinajstić information content (AvgIpc) is 2.28. The molecule has 0 heterocycles. The van der Waals surface area contributed by atoms with Gasteiger partial charge in [0.15, 0.2) is 12.2 Å². The molecule has 0 aromatic heterocycles. The Morgan fingerprint density at radius 2 is 1.53 bits per heavy atom. The fraction of sp³-hybridized carbons (Fsp3) is 0.818. The first-order valence-corrected chi connectivity index (χ1v) is 5.63. The Bertz CT molecular complexity index is 252. The van der Waals surface area contributed by atoms with Crippen molar-refractivity contribution in [1.82, 2.24) is 0 Å². The lowest BCUT2D eigenvalue weighted by Gasteiger charge is -2.19. The van der Waals surface area contributed by atoms with Crippen molar-refractivity contribution in [3.8, 4) is 0 Å². The normalized spacial score (nSPS) is 15.8. The molecule has 0 aliphatic heterocycles. The molecule has 0 aromatic carbocycles. The van der Waals surface area contributed by atoms with Gasteiger partial charge in [0.25, 0.3) is 0 Å². The Kier molecular flexibility index (Phi) is 7.49. The van der Waals surface area contributed by atoms with Crippen molar-refractivity contribution >= 4 is 11.9 Å². The highest BCUT2D eigenvalue weighted by atomic mass is 16.5. The van der Waals surface area contributed by atoms with Gasteiger partial charge < -0.3 is 19.7 Å². The van der Waals surface area contributed by atoms with E-state index >= 15 is 0 Å². The second kappa shape index (κ2) is 8.03. The lowest BCUT2D eigenvalue weighted by molar-refractivity contribution is -0.160. The maximum absolute atomic E-state index is 11.2. The summed E-state index contributed by atoms with van der Waals surface area (Å²) in [5, 5.41) is 19.0. The second-order valence-corrected chi connectivity index (χ2v) is 3.68. The summed E-state index contributed by atoms with van der Waals surface area (Å²) in [6.45, 7) is 5.14. The van der Waals surface area contributed by atoms with E-state index in [0.29, 0.717) is 0 Å². The van der Waals surface area contributed by atoms with Gasteiger partial charge in [-0.2, -0.15) is 0 Å². The van der Waals surface area contributed by atoms with E-state index in [1.165, 1.54) is 0 Å². The molecule has 2 N–H and O–H groups in total. The number of hydrogen-bond acceptors (Lipinski definition) is 6. The number of aliphatic hydroxyl groups is 2. The van der Waals surface area contributed by atoms with Crippen LogP contribution < -0.4 is 0 Å². The van der Waals surface area contributed by atoms with E-state index in [2.05, 4.69) is 9.47 Å². The summed E-state index contributed by atoms with van der Waals surface area (Å²) in [6.07, 6.45) is -2.74. The third kappa shape index (κ3) is 5.65. The molecule has 0 bridgehead atoms. The average molecular weight is 248 g/mol. The van der Waals surface area contributed by atoms with Crippen LogP contribution in [-0.4, -0.2) is 47.6 Å². The van der Waals surface area contributed by atoms with Gasteiger partial charge in [0.2, 0.25) is 0 Å². The van der Waals surface area contributed by atoms with Crippen LogP contribution >= 0.6 is 0 Å². The zero-order valence-electron chi connectivity index (χ0n) is 10.4. The van der Waals surface area contributed by atoms with Gasteiger partial charge >= 0.3 is 11.9 Å². The zero-order chi connectivity index (χ0) is 13.4. The minimum atomic E-state index is -1.35. The maximum Gasteiger partial charge on any atom is 0.335 e. The Labute approximate surface area is 101 Å². The topological polar surface area (TPSA) is 93.1 Å². The van der Waals surface area contributed by atoms with Crippen molar-refractivity contribution in [3.63, 3.8) is 0 Å². The van der Waals surface area contributed by atoms with Crippen LogP contribution in [0, 0.1) is 5.92 Å². The number of carbonyl (C=O) groups excluding carboxylic acids is 2. The second-order valence-electron chi connectivity index (χ2n) is 3.68. The molecule has 17 heavy (non-hydrogen) atoms. The molecule has 6 nitrogen and oxygen atoms in total. The molecular weight excluding hydrogens is 228 g/mol. The van der Waals surface area contributed by atoms with Crippen LogP contribution in [0.1, 0.15) is 27.2 Å². The van der Waals surface area contributed by atoms with Gasteiger partial charge in [0.05, 0.1) is 13.2 Å². The standard InChI is InChI=1S/C11H20O6/c1-4-16-10(14)8(12)6-7(3)9(13)11(15)17-5-2/h7-9,12-13H,4-6H2,1-3H3. The first-order chi connectivity index (χ1) is 7.93. The van der Waals surface area contributed by atoms with Crippen LogP contribution in [0.15, 0.2) is 0 Å². The molecule has 0 rings (SSSR count). The van der Waals surface area contributed by atoms with Crippen LogP contribution in [0.3, 0.4) is 0 Å².